The average Bonchev–Trinajstić information content (AvgIpc) is 3.08. The Balaban J connectivity index is 1.61. The van der Waals surface area contributed by atoms with Gasteiger partial charge in [-0.15, -0.1) is 0 Å². The zero-order valence-corrected chi connectivity index (χ0v) is 11.4. The van der Waals surface area contributed by atoms with Crippen LogP contribution in [-0.4, -0.2) is 60.0 Å². The van der Waals surface area contributed by atoms with E-state index in [4.69, 9.17) is 4.74 Å². The predicted octanol–water partition coefficient (Wildman–Crippen LogP) is 0.743. The van der Waals surface area contributed by atoms with Crippen molar-refractivity contribution in [3.63, 3.8) is 0 Å². The Bertz CT molecular complexity index is 296. The van der Waals surface area contributed by atoms with Crippen LogP contribution in [0, 0.1) is 0 Å². The largest absolute Gasteiger partial charge is 0.394 e. The molecule has 3 fully saturated rings. The Morgan fingerprint density at radius 1 is 1.39 bits per heavy atom. The number of nitrogens with zero attached hydrogens (tertiary/aromatic N) is 1. The molecule has 1 saturated heterocycles. The van der Waals surface area contributed by atoms with E-state index < -0.39 is 0 Å². The standard InChI is InChI=1S/C14H26N2O2/c1-11-9-18-7-6-16(11)13-4-5-14(8-13,10-17)15-12-2-3-12/h11-13,15,17H,2-10H2,1H3. The Labute approximate surface area is 110 Å². The molecule has 3 unspecified atom stereocenters. The van der Waals surface area contributed by atoms with Gasteiger partial charge < -0.3 is 15.2 Å². The molecule has 104 valence electrons. The van der Waals surface area contributed by atoms with E-state index in [2.05, 4.69) is 17.1 Å². The smallest absolute Gasteiger partial charge is 0.0619 e. The number of nitrogens with one attached hydrogen (secondary N) is 1. The topological polar surface area (TPSA) is 44.7 Å². The predicted molar refractivity (Wildman–Crippen MR) is 70.6 cm³/mol. The van der Waals surface area contributed by atoms with Crippen LogP contribution in [0.3, 0.4) is 0 Å². The van der Waals surface area contributed by atoms with Crippen LogP contribution in [0.25, 0.3) is 0 Å². The molecule has 1 aliphatic heterocycles. The second-order valence-corrected chi connectivity index (χ2v) is 6.42. The molecule has 0 spiro atoms. The summed E-state index contributed by atoms with van der Waals surface area (Å²) in [6, 6.07) is 1.83. The summed E-state index contributed by atoms with van der Waals surface area (Å²) >= 11 is 0. The SMILES string of the molecule is CC1COCCN1C1CCC(CO)(NC2CC2)C1. The average molecular weight is 254 g/mol. The molecule has 3 rings (SSSR count). The van der Waals surface area contributed by atoms with Crippen molar-refractivity contribution in [2.24, 2.45) is 0 Å². The van der Waals surface area contributed by atoms with Crippen LogP contribution in [0.5, 0.6) is 0 Å². The lowest BCUT2D eigenvalue weighted by atomic mass is 9.97. The summed E-state index contributed by atoms with van der Waals surface area (Å²) in [7, 11) is 0. The Kier molecular flexibility index (Phi) is 3.63. The highest BCUT2D eigenvalue weighted by molar-refractivity contribution is 5.03. The monoisotopic (exact) mass is 254 g/mol. The Morgan fingerprint density at radius 3 is 2.89 bits per heavy atom. The molecule has 2 aliphatic carbocycles. The summed E-state index contributed by atoms with van der Waals surface area (Å²) in [5, 5.41) is 13.5. The number of aliphatic hydroxyl groups excluding tert-OH is 1. The summed E-state index contributed by atoms with van der Waals surface area (Å²) < 4.78 is 5.52. The second kappa shape index (κ2) is 5.08. The summed E-state index contributed by atoms with van der Waals surface area (Å²) in [5.41, 5.74) is 0.00383. The van der Waals surface area contributed by atoms with Gasteiger partial charge in [-0.2, -0.15) is 0 Å². The first kappa shape index (κ1) is 12.9. The third-order valence-electron chi connectivity index (χ3n) is 4.86. The van der Waals surface area contributed by atoms with E-state index in [1.165, 1.54) is 19.3 Å². The van der Waals surface area contributed by atoms with Gasteiger partial charge >= 0.3 is 0 Å². The molecule has 1 heterocycles. The van der Waals surface area contributed by atoms with E-state index in [0.29, 0.717) is 24.7 Å². The fourth-order valence-corrected chi connectivity index (χ4v) is 3.64. The fourth-order valence-electron chi connectivity index (χ4n) is 3.64. The van der Waals surface area contributed by atoms with Gasteiger partial charge in [0, 0.05) is 30.2 Å². The Morgan fingerprint density at radius 2 is 2.22 bits per heavy atom. The molecule has 0 amide bonds. The van der Waals surface area contributed by atoms with Crippen molar-refractivity contribution in [1.82, 2.24) is 10.2 Å². The molecule has 0 aromatic carbocycles. The van der Waals surface area contributed by atoms with Gasteiger partial charge in [-0.05, 0) is 39.0 Å². The van der Waals surface area contributed by atoms with Gasteiger partial charge in [0.25, 0.3) is 0 Å². The second-order valence-electron chi connectivity index (χ2n) is 6.42. The van der Waals surface area contributed by atoms with Gasteiger partial charge in [0.2, 0.25) is 0 Å². The first-order valence-corrected chi connectivity index (χ1v) is 7.44. The molecule has 3 aliphatic rings. The molecule has 2 N–H and O–H groups in total. The van der Waals surface area contributed by atoms with E-state index >= 15 is 0 Å². The summed E-state index contributed by atoms with van der Waals surface area (Å²) in [6.07, 6.45) is 6.02. The van der Waals surface area contributed by atoms with Crippen LogP contribution < -0.4 is 5.32 Å². The van der Waals surface area contributed by atoms with Crippen LogP contribution in [-0.2, 0) is 4.74 Å². The van der Waals surface area contributed by atoms with E-state index in [9.17, 15) is 5.11 Å². The lowest BCUT2D eigenvalue weighted by molar-refractivity contribution is -0.0228. The number of aliphatic hydroxyl groups is 1. The molecular weight excluding hydrogens is 228 g/mol. The lowest BCUT2D eigenvalue weighted by Gasteiger charge is -2.39. The van der Waals surface area contributed by atoms with E-state index in [-0.39, 0.29) is 5.54 Å². The third kappa shape index (κ3) is 2.57. The highest BCUT2D eigenvalue weighted by Crippen LogP contribution is 2.37. The zero-order chi connectivity index (χ0) is 12.6. The maximum absolute atomic E-state index is 9.77. The number of morpholine rings is 1. The lowest BCUT2D eigenvalue weighted by Crippen LogP contribution is -2.52. The van der Waals surface area contributed by atoms with Gasteiger partial charge in [-0.25, -0.2) is 0 Å². The first-order valence-electron chi connectivity index (χ1n) is 7.44. The number of hydrogen-bond acceptors (Lipinski definition) is 4. The zero-order valence-electron chi connectivity index (χ0n) is 11.4. The highest BCUT2D eigenvalue weighted by Gasteiger charge is 2.44. The normalized spacial score (nSPS) is 42.3. The van der Waals surface area contributed by atoms with E-state index in [0.717, 1.165) is 32.6 Å². The minimum atomic E-state index is 0.00383. The van der Waals surface area contributed by atoms with Crippen molar-refractivity contribution in [3.05, 3.63) is 0 Å². The van der Waals surface area contributed by atoms with Gasteiger partial charge in [0.1, 0.15) is 0 Å². The molecular formula is C14H26N2O2. The van der Waals surface area contributed by atoms with E-state index in [1.54, 1.807) is 0 Å². The van der Waals surface area contributed by atoms with Gasteiger partial charge in [0.05, 0.1) is 19.8 Å². The maximum Gasteiger partial charge on any atom is 0.0619 e. The molecule has 0 radical (unpaired) electrons. The summed E-state index contributed by atoms with van der Waals surface area (Å²) in [4.78, 5) is 2.59. The quantitative estimate of drug-likeness (QED) is 0.777. The van der Waals surface area contributed by atoms with Gasteiger partial charge in [-0.1, -0.05) is 0 Å². The minimum absolute atomic E-state index is 0.00383. The summed E-state index contributed by atoms with van der Waals surface area (Å²) in [6.45, 7) is 5.32. The number of ether oxygens (including phenoxy) is 1. The molecule has 0 bridgehead atoms. The van der Waals surface area contributed by atoms with Gasteiger partial charge in [0.15, 0.2) is 0 Å². The molecule has 2 saturated carbocycles. The molecule has 4 heteroatoms. The van der Waals surface area contributed by atoms with Crippen LogP contribution in [0.15, 0.2) is 0 Å². The van der Waals surface area contributed by atoms with Crippen molar-refractivity contribution in [2.75, 3.05) is 26.4 Å². The van der Waals surface area contributed by atoms with Crippen LogP contribution in [0.1, 0.15) is 39.0 Å². The van der Waals surface area contributed by atoms with Crippen LogP contribution in [0.2, 0.25) is 0 Å². The van der Waals surface area contributed by atoms with Crippen molar-refractivity contribution in [1.29, 1.82) is 0 Å². The minimum Gasteiger partial charge on any atom is -0.394 e. The number of hydrogen-bond donors (Lipinski definition) is 2. The summed E-state index contributed by atoms with van der Waals surface area (Å²) in [5.74, 6) is 0. The molecule has 0 aromatic heterocycles. The highest BCUT2D eigenvalue weighted by atomic mass is 16.5. The van der Waals surface area contributed by atoms with E-state index in [1.807, 2.05) is 0 Å². The molecule has 18 heavy (non-hydrogen) atoms. The molecule has 3 atom stereocenters. The van der Waals surface area contributed by atoms with Crippen molar-refractivity contribution >= 4 is 0 Å². The van der Waals surface area contributed by atoms with Crippen molar-refractivity contribution in [2.45, 2.75) is 62.7 Å². The Hall–Kier alpha value is -0.160. The van der Waals surface area contributed by atoms with Gasteiger partial charge in [-0.3, -0.25) is 4.90 Å². The van der Waals surface area contributed by atoms with Crippen molar-refractivity contribution in [3.8, 4) is 0 Å². The number of rotatable bonds is 4. The maximum atomic E-state index is 9.77. The fraction of sp³-hybridized carbons (Fsp3) is 1.00. The molecule has 0 aromatic rings. The van der Waals surface area contributed by atoms with Crippen molar-refractivity contribution < 1.29 is 9.84 Å². The third-order valence-corrected chi connectivity index (χ3v) is 4.86. The van der Waals surface area contributed by atoms with Crippen LogP contribution in [0.4, 0.5) is 0 Å². The molecule has 4 nitrogen and oxygen atoms in total. The first-order chi connectivity index (χ1) is 8.72. The van der Waals surface area contributed by atoms with Crippen LogP contribution >= 0.6 is 0 Å².